The van der Waals surface area contributed by atoms with E-state index >= 15 is 0 Å². The van der Waals surface area contributed by atoms with Gasteiger partial charge in [0.2, 0.25) is 0 Å². The topological polar surface area (TPSA) is 38.3 Å². The van der Waals surface area contributed by atoms with Crippen LogP contribution in [-0.4, -0.2) is 30.6 Å². The van der Waals surface area contributed by atoms with Gasteiger partial charge in [0.05, 0.1) is 5.60 Å². The molecule has 114 valence electrons. The van der Waals surface area contributed by atoms with Crippen molar-refractivity contribution in [1.29, 1.82) is 0 Å². The fourth-order valence-corrected chi connectivity index (χ4v) is 1.57. The van der Waals surface area contributed by atoms with E-state index in [-0.39, 0.29) is 16.6 Å². The zero-order valence-electron chi connectivity index (χ0n) is 14.1. The van der Waals surface area contributed by atoms with E-state index in [0.29, 0.717) is 18.8 Å². The van der Waals surface area contributed by atoms with Crippen molar-refractivity contribution < 1.29 is 9.53 Å². The van der Waals surface area contributed by atoms with Crippen LogP contribution in [-0.2, 0) is 9.53 Å². The predicted octanol–water partition coefficient (Wildman–Crippen LogP) is 3.57. The van der Waals surface area contributed by atoms with Gasteiger partial charge in [-0.15, -0.1) is 0 Å². The summed E-state index contributed by atoms with van der Waals surface area (Å²) in [6, 6.07) is 0. The number of ketones is 1. The van der Waals surface area contributed by atoms with Crippen molar-refractivity contribution in [3.05, 3.63) is 0 Å². The first kappa shape index (κ1) is 18.6. The van der Waals surface area contributed by atoms with Crippen LogP contribution in [0.3, 0.4) is 0 Å². The lowest BCUT2D eigenvalue weighted by Gasteiger charge is -2.30. The molecule has 0 aromatic carbocycles. The van der Waals surface area contributed by atoms with E-state index in [4.69, 9.17) is 4.74 Å². The highest BCUT2D eigenvalue weighted by molar-refractivity contribution is 5.83. The Hall–Kier alpha value is -0.410. The smallest absolute Gasteiger partial charge is 0.138 e. The van der Waals surface area contributed by atoms with Crippen molar-refractivity contribution in [3.63, 3.8) is 0 Å². The summed E-state index contributed by atoms with van der Waals surface area (Å²) >= 11 is 0. The number of hydrogen-bond donors (Lipinski definition) is 1. The van der Waals surface area contributed by atoms with Crippen LogP contribution in [0.1, 0.15) is 67.7 Å². The molecule has 0 aromatic heterocycles. The fraction of sp³-hybridized carbons (Fsp3) is 0.938. The van der Waals surface area contributed by atoms with E-state index in [2.05, 4.69) is 33.0 Å². The van der Waals surface area contributed by atoms with Gasteiger partial charge < -0.3 is 10.1 Å². The number of rotatable bonds is 8. The Kier molecular flexibility index (Phi) is 6.70. The van der Waals surface area contributed by atoms with E-state index in [1.54, 1.807) is 0 Å². The summed E-state index contributed by atoms with van der Waals surface area (Å²) in [7, 11) is 1.97. The molecule has 19 heavy (non-hydrogen) atoms. The van der Waals surface area contributed by atoms with Crippen LogP contribution < -0.4 is 5.32 Å². The highest BCUT2D eigenvalue weighted by Crippen LogP contribution is 2.23. The molecule has 0 radical (unpaired) electrons. The van der Waals surface area contributed by atoms with Crippen molar-refractivity contribution in [2.24, 2.45) is 5.41 Å². The molecule has 0 unspecified atom stereocenters. The molecule has 0 atom stereocenters. The van der Waals surface area contributed by atoms with Crippen molar-refractivity contribution in [2.75, 3.05) is 13.7 Å². The van der Waals surface area contributed by atoms with E-state index in [1.165, 1.54) is 0 Å². The van der Waals surface area contributed by atoms with Crippen LogP contribution in [0.15, 0.2) is 0 Å². The largest absolute Gasteiger partial charge is 0.375 e. The van der Waals surface area contributed by atoms with E-state index in [0.717, 1.165) is 12.8 Å². The van der Waals surface area contributed by atoms with Crippen LogP contribution >= 0.6 is 0 Å². The zero-order chi connectivity index (χ0) is 15.3. The molecule has 0 aliphatic rings. The lowest BCUT2D eigenvalue weighted by molar-refractivity contribution is -0.128. The van der Waals surface area contributed by atoms with E-state index in [9.17, 15) is 4.79 Å². The zero-order valence-corrected chi connectivity index (χ0v) is 14.1. The molecule has 0 saturated heterocycles. The molecule has 0 aliphatic carbocycles. The molecule has 3 nitrogen and oxygen atoms in total. The first-order valence-corrected chi connectivity index (χ1v) is 7.26. The summed E-state index contributed by atoms with van der Waals surface area (Å²) in [6.07, 6.45) is 2.33. The molecule has 0 fully saturated rings. The molecule has 1 N–H and O–H groups in total. The van der Waals surface area contributed by atoms with Crippen LogP contribution in [0.2, 0.25) is 0 Å². The van der Waals surface area contributed by atoms with Crippen LogP contribution in [0, 0.1) is 5.41 Å². The maximum Gasteiger partial charge on any atom is 0.138 e. The molecule has 0 aliphatic heterocycles. The van der Waals surface area contributed by atoms with Gasteiger partial charge in [0.25, 0.3) is 0 Å². The lowest BCUT2D eigenvalue weighted by atomic mass is 9.86. The Labute approximate surface area is 119 Å². The van der Waals surface area contributed by atoms with E-state index in [1.807, 2.05) is 27.8 Å². The van der Waals surface area contributed by atoms with E-state index < -0.39 is 0 Å². The maximum absolute atomic E-state index is 11.9. The van der Waals surface area contributed by atoms with Gasteiger partial charge in [-0.2, -0.15) is 0 Å². The number of nitrogens with one attached hydrogen (secondary N) is 1. The van der Waals surface area contributed by atoms with Crippen molar-refractivity contribution in [1.82, 2.24) is 5.32 Å². The molecule has 0 rings (SSSR count). The molecular weight excluding hydrogens is 238 g/mol. The first-order valence-electron chi connectivity index (χ1n) is 7.26. The van der Waals surface area contributed by atoms with Gasteiger partial charge in [0.15, 0.2) is 0 Å². The molecular formula is C16H33NO2. The van der Waals surface area contributed by atoms with Gasteiger partial charge in [-0.05, 0) is 47.6 Å². The Bertz CT molecular complexity index is 288. The Balaban J connectivity index is 4.10. The highest BCUT2D eigenvalue weighted by Gasteiger charge is 2.26. The van der Waals surface area contributed by atoms with Gasteiger partial charge >= 0.3 is 0 Å². The van der Waals surface area contributed by atoms with Gasteiger partial charge in [-0.1, -0.05) is 20.8 Å². The second-order valence-electron chi connectivity index (χ2n) is 7.67. The molecule has 3 heteroatoms. The van der Waals surface area contributed by atoms with Crippen molar-refractivity contribution in [2.45, 2.75) is 78.9 Å². The summed E-state index contributed by atoms with van der Waals surface area (Å²) in [5.74, 6) is 0.305. The van der Waals surface area contributed by atoms with Crippen molar-refractivity contribution >= 4 is 5.78 Å². The summed E-state index contributed by atoms with van der Waals surface area (Å²) in [5, 5.41) is 3.26. The minimum absolute atomic E-state index is 0.0946. The Morgan fingerprint density at radius 2 is 1.53 bits per heavy atom. The number of ether oxygens (including phenoxy) is 1. The van der Waals surface area contributed by atoms with Gasteiger partial charge in [-0.3, -0.25) is 4.79 Å². The van der Waals surface area contributed by atoms with Crippen LogP contribution in [0.25, 0.3) is 0 Å². The Morgan fingerprint density at radius 1 is 1.00 bits per heavy atom. The number of hydrogen-bond acceptors (Lipinski definition) is 3. The minimum Gasteiger partial charge on any atom is -0.375 e. The summed E-state index contributed by atoms with van der Waals surface area (Å²) in [6.45, 7) is 15.1. The normalized spacial score (nSPS) is 13.7. The monoisotopic (exact) mass is 271 g/mol. The maximum atomic E-state index is 11.9. The average molecular weight is 271 g/mol. The molecule has 0 aromatic rings. The fourth-order valence-electron chi connectivity index (χ4n) is 1.57. The number of Topliss-reactive ketones (excluding diaryl/α,β-unsaturated/α-hetero) is 1. The molecule has 0 saturated carbocycles. The Morgan fingerprint density at radius 3 is 1.95 bits per heavy atom. The highest BCUT2D eigenvalue weighted by atomic mass is 16.5. The SMILES string of the molecule is CNC(C)(C)CCOC(C)(C)CCC(=O)C(C)(C)C. The quantitative estimate of drug-likeness (QED) is 0.733. The molecule has 0 heterocycles. The minimum atomic E-state index is -0.246. The summed E-state index contributed by atoms with van der Waals surface area (Å²) in [5.41, 5.74) is -0.383. The van der Waals surface area contributed by atoms with Gasteiger partial charge in [0.1, 0.15) is 5.78 Å². The average Bonchev–Trinajstić information content (AvgIpc) is 2.24. The third-order valence-corrected chi connectivity index (χ3v) is 3.69. The first-order chi connectivity index (χ1) is 8.40. The predicted molar refractivity (Wildman–Crippen MR) is 81.5 cm³/mol. The van der Waals surface area contributed by atoms with Gasteiger partial charge in [-0.25, -0.2) is 0 Å². The second kappa shape index (κ2) is 6.85. The number of carbonyl (C=O) groups is 1. The van der Waals surface area contributed by atoms with Crippen molar-refractivity contribution in [3.8, 4) is 0 Å². The van der Waals surface area contributed by atoms with Gasteiger partial charge in [0, 0.05) is 24.0 Å². The third kappa shape index (κ3) is 8.38. The standard InChI is InChI=1S/C16H33NO2/c1-14(2,3)13(18)9-10-16(6,7)19-12-11-15(4,5)17-8/h17H,9-12H2,1-8H3. The number of carbonyl (C=O) groups excluding carboxylic acids is 1. The third-order valence-electron chi connectivity index (χ3n) is 3.69. The van der Waals surface area contributed by atoms with Crippen LogP contribution in [0.4, 0.5) is 0 Å². The second-order valence-corrected chi connectivity index (χ2v) is 7.67. The summed E-state index contributed by atoms with van der Waals surface area (Å²) in [4.78, 5) is 11.9. The van der Waals surface area contributed by atoms with Crippen LogP contribution in [0.5, 0.6) is 0 Å². The summed E-state index contributed by atoms with van der Waals surface area (Å²) < 4.78 is 5.94. The molecule has 0 bridgehead atoms. The molecule has 0 spiro atoms. The molecule has 0 amide bonds. The lowest BCUT2D eigenvalue weighted by Crippen LogP contribution is -2.38.